The van der Waals surface area contributed by atoms with E-state index in [-0.39, 0.29) is 0 Å². The molecule has 3 N–H and O–H groups in total. The summed E-state index contributed by atoms with van der Waals surface area (Å²) < 4.78 is 0. The summed E-state index contributed by atoms with van der Waals surface area (Å²) in [5.41, 5.74) is 0. The molecule has 0 bridgehead atoms. The Kier molecular flexibility index (Phi) is 9.01. The van der Waals surface area contributed by atoms with Gasteiger partial charge in [0.2, 0.25) is 0 Å². The summed E-state index contributed by atoms with van der Waals surface area (Å²) in [7, 11) is 0. The van der Waals surface area contributed by atoms with Crippen LogP contribution in [0.5, 0.6) is 0 Å². The minimum atomic E-state index is -1.28. The lowest BCUT2D eigenvalue weighted by Crippen LogP contribution is -2.52. The summed E-state index contributed by atoms with van der Waals surface area (Å²) in [6.45, 7) is 10.8. The Morgan fingerprint density at radius 1 is 1.00 bits per heavy atom. The third-order valence-electron chi connectivity index (χ3n) is 3.27. The van der Waals surface area contributed by atoms with Gasteiger partial charge in [0.15, 0.2) is 6.04 Å². The first-order valence-corrected chi connectivity index (χ1v) is 7.61. The van der Waals surface area contributed by atoms with Gasteiger partial charge in [-0.25, -0.2) is 9.59 Å². The number of carbonyl (C=O) groups is 2. The van der Waals surface area contributed by atoms with Crippen LogP contribution in [0.4, 0.5) is 4.79 Å². The van der Waals surface area contributed by atoms with Crippen molar-refractivity contribution in [3.63, 3.8) is 0 Å². The first-order valence-electron chi connectivity index (χ1n) is 7.61. The van der Waals surface area contributed by atoms with Gasteiger partial charge >= 0.3 is 12.0 Å². The Hall–Kier alpha value is -1.30. The van der Waals surface area contributed by atoms with E-state index in [2.05, 4.69) is 33.0 Å². The predicted molar refractivity (Wildman–Crippen MR) is 82.1 cm³/mol. The number of carboxylic acids is 1. The van der Waals surface area contributed by atoms with Crippen LogP contribution in [0.1, 0.15) is 47.5 Å². The molecule has 0 aliphatic carbocycles. The molecular formula is C15H30N2O4. The summed E-state index contributed by atoms with van der Waals surface area (Å²) in [4.78, 5) is 24.9. The van der Waals surface area contributed by atoms with Crippen LogP contribution in [0.15, 0.2) is 0 Å². The van der Waals surface area contributed by atoms with Crippen LogP contribution in [0.25, 0.3) is 0 Å². The van der Waals surface area contributed by atoms with Crippen LogP contribution in [-0.4, -0.2) is 52.3 Å². The molecule has 0 saturated heterocycles. The smallest absolute Gasteiger partial charge is 0.328 e. The van der Waals surface area contributed by atoms with Crippen molar-refractivity contribution in [3.8, 4) is 0 Å². The lowest BCUT2D eigenvalue weighted by atomic mass is 10.1. The summed E-state index contributed by atoms with van der Waals surface area (Å²) in [6, 6.07) is -1.71. The number of hydrogen-bond acceptors (Lipinski definition) is 3. The van der Waals surface area contributed by atoms with E-state index in [1.165, 1.54) is 6.92 Å². The van der Waals surface area contributed by atoms with E-state index in [1.807, 2.05) is 0 Å². The molecule has 2 atom stereocenters. The van der Waals surface area contributed by atoms with E-state index >= 15 is 0 Å². The highest BCUT2D eigenvalue weighted by Gasteiger charge is 2.27. The topological polar surface area (TPSA) is 89.9 Å². The number of nitrogens with zero attached hydrogens (tertiary/aromatic N) is 1. The van der Waals surface area contributed by atoms with E-state index < -0.39 is 24.1 Å². The molecule has 0 aliphatic heterocycles. The zero-order chi connectivity index (χ0) is 16.6. The molecule has 0 aromatic carbocycles. The molecule has 0 heterocycles. The number of urea groups is 1. The molecule has 0 aromatic rings. The zero-order valence-electron chi connectivity index (χ0n) is 13.8. The molecule has 0 saturated carbocycles. The number of carbonyl (C=O) groups excluding carboxylic acids is 1. The molecular weight excluding hydrogens is 272 g/mol. The second-order valence-corrected chi connectivity index (χ2v) is 6.36. The molecule has 0 fully saturated rings. The molecule has 6 heteroatoms. The SMILES string of the molecule is CC(C)CCN(CCC(C)C)C(=O)NC(C(=O)O)C(C)O. The summed E-state index contributed by atoms with van der Waals surface area (Å²) in [5, 5.41) is 20.9. The summed E-state index contributed by atoms with van der Waals surface area (Å²) >= 11 is 0. The van der Waals surface area contributed by atoms with Crippen LogP contribution in [-0.2, 0) is 4.79 Å². The normalized spacial score (nSPS) is 14.1. The molecule has 21 heavy (non-hydrogen) atoms. The molecule has 0 spiro atoms. The number of aliphatic hydroxyl groups is 1. The molecule has 0 radical (unpaired) electrons. The van der Waals surface area contributed by atoms with Crippen LogP contribution < -0.4 is 5.32 Å². The Balaban J connectivity index is 4.70. The number of amides is 2. The lowest BCUT2D eigenvalue weighted by Gasteiger charge is -2.27. The molecule has 6 nitrogen and oxygen atoms in total. The van der Waals surface area contributed by atoms with Crippen molar-refractivity contribution >= 4 is 12.0 Å². The van der Waals surface area contributed by atoms with Gasteiger partial charge in [-0.1, -0.05) is 27.7 Å². The summed E-state index contributed by atoms with van der Waals surface area (Å²) in [5.74, 6) is -0.302. The highest BCUT2D eigenvalue weighted by atomic mass is 16.4. The van der Waals surface area contributed by atoms with Gasteiger partial charge in [-0.15, -0.1) is 0 Å². The molecule has 2 unspecified atom stereocenters. The van der Waals surface area contributed by atoms with Crippen molar-refractivity contribution < 1.29 is 19.8 Å². The van der Waals surface area contributed by atoms with Gasteiger partial charge in [-0.05, 0) is 31.6 Å². The fourth-order valence-electron chi connectivity index (χ4n) is 1.76. The Labute approximate surface area is 127 Å². The highest BCUT2D eigenvalue weighted by Crippen LogP contribution is 2.07. The van der Waals surface area contributed by atoms with Gasteiger partial charge in [0.05, 0.1) is 6.10 Å². The van der Waals surface area contributed by atoms with Crippen molar-refractivity contribution in [2.45, 2.75) is 59.6 Å². The molecule has 2 amide bonds. The fraction of sp³-hybridized carbons (Fsp3) is 0.867. The Bertz CT molecular complexity index is 318. The second kappa shape index (κ2) is 9.60. The van der Waals surface area contributed by atoms with Crippen LogP contribution >= 0.6 is 0 Å². The predicted octanol–water partition coefficient (Wildman–Crippen LogP) is 1.92. The minimum Gasteiger partial charge on any atom is -0.480 e. The third kappa shape index (κ3) is 8.55. The van der Waals surface area contributed by atoms with Crippen LogP contribution in [0.2, 0.25) is 0 Å². The number of aliphatic carboxylic acids is 1. The average Bonchev–Trinajstić information content (AvgIpc) is 2.34. The molecule has 0 aromatic heterocycles. The van der Waals surface area contributed by atoms with Gasteiger partial charge in [-0.2, -0.15) is 0 Å². The molecule has 124 valence electrons. The van der Waals surface area contributed by atoms with E-state index in [0.717, 1.165) is 12.8 Å². The monoisotopic (exact) mass is 302 g/mol. The van der Waals surface area contributed by atoms with Crippen LogP contribution in [0, 0.1) is 11.8 Å². The maximum absolute atomic E-state index is 12.2. The Morgan fingerprint density at radius 2 is 1.43 bits per heavy atom. The maximum atomic E-state index is 12.2. The number of aliphatic hydroxyl groups excluding tert-OH is 1. The van der Waals surface area contributed by atoms with Crippen molar-refractivity contribution in [1.29, 1.82) is 0 Å². The minimum absolute atomic E-state index is 0.426. The number of hydrogen-bond donors (Lipinski definition) is 3. The average molecular weight is 302 g/mol. The van der Waals surface area contributed by atoms with E-state index in [9.17, 15) is 14.7 Å². The fourth-order valence-corrected chi connectivity index (χ4v) is 1.76. The quantitative estimate of drug-likeness (QED) is 0.607. The number of rotatable bonds is 9. The largest absolute Gasteiger partial charge is 0.480 e. The van der Waals surface area contributed by atoms with Gasteiger partial charge < -0.3 is 20.4 Å². The molecule has 0 rings (SSSR count). The number of nitrogens with one attached hydrogen (secondary N) is 1. The first kappa shape index (κ1) is 19.7. The van der Waals surface area contributed by atoms with Crippen molar-refractivity contribution in [1.82, 2.24) is 10.2 Å². The summed E-state index contributed by atoms with van der Waals surface area (Å²) in [6.07, 6.45) is 0.582. The van der Waals surface area contributed by atoms with Gasteiger partial charge in [0, 0.05) is 13.1 Å². The van der Waals surface area contributed by atoms with E-state index in [0.29, 0.717) is 24.9 Å². The standard InChI is InChI=1S/C15H30N2O4/c1-10(2)6-8-17(9-7-11(3)4)15(21)16-13(12(5)18)14(19)20/h10-13,18H,6-9H2,1-5H3,(H,16,21)(H,19,20). The Morgan fingerprint density at radius 3 is 1.71 bits per heavy atom. The van der Waals surface area contributed by atoms with Crippen molar-refractivity contribution in [3.05, 3.63) is 0 Å². The zero-order valence-corrected chi connectivity index (χ0v) is 13.8. The van der Waals surface area contributed by atoms with Gasteiger partial charge in [0.1, 0.15) is 0 Å². The first-order chi connectivity index (χ1) is 9.65. The second-order valence-electron chi connectivity index (χ2n) is 6.36. The highest BCUT2D eigenvalue weighted by molar-refractivity contribution is 5.83. The van der Waals surface area contributed by atoms with Crippen molar-refractivity contribution in [2.24, 2.45) is 11.8 Å². The van der Waals surface area contributed by atoms with Gasteiger partial charge in [-0.3, -0.25) is 0 Å². The lowest BCUT2D eigenvalue weighted by molar-refractivity contribution is -0.141. The van der Waals surface area contributed by atoms with Crippen molar-refractivity contribution in [2.75, 3.05) is 13.1 Å². The van der Waals surface area contributed by atoms with E-state index in [4.69, 9.17) is 5.11 Å². The van der Waals surface area contributed by atoms with E-state index in [1.54, 1.807) is 4.90 Å². The maximum Gasteiger partial charge on any atom is 0.328 e. The third-order valence-corrected chi connectivity index (χ3v) is 3.27. The number of carboxylic acid groups (broad SMARTS) is 1. The molecule has 0 aliphatic rings. The van der Waals surface area contributed by atoms with Gasteiger partial charge in [0.25, 0.3) is 0 Å². The van der Waals surface area contributed by atoms with Crippen LogP contribution in [0.3, 0.4) is 0 Å².